The van der Waals surface area contributed by atoms with Gasteiger partial charge in [-0.2, -0.15) is 0 Å². The van der Waals surface area contributed by atoms with Crippen LogP contribution in [0.15, 0.2) is 0 Å². The van der Waals surface area contributed by atoms with Crippen molar-refractivity contribution in [3.63, 3.8) is 0 Å². The van der Waals surface area contributed by atoms with Gasteiger partial charge in [-0.1, -0.05) is 6.42 Å². The maximum Gasteiger partial charge on any atom is 0.0571 e. The Labute approximate surface area is 62.6 Å². The first-order chi connectivity index (χ1) is 4.88. The van der Waals surface area contributed by atoms with Crippen LogP contribution in [-0.2, 0) is 0 Å². The summed E-state index contributed by atoms with van der Waals surface area (Å²) in [6.07, 6.45) is 4.90. The first kappa shape index (κ1) is 6.62. The molecule has 0 aromatic heterocycles. The van der Waals surface area contributed by atoms with Crippen LogP contribution in [0.4, 0.5) is 0 Å². The van der Waals surface area contributed by atoms with Crippen molar-refractivity contribution >= 4 is 0 Å². The van der Waals surface area contributed by atoms with E-state index in [1.54, 1.807) is 0 Å². The van der Waals surface area contributed by atoms with Crippen molar-refractivity contribution in [3.05, 3.63) is 0 Å². The highest BCUT2D eigenvalue weighted by Gasteiger charge is 2.31. The topological polar surface area (TPSA) is 15.3 Å². The van der Waals surface area contributed by atoms with Gasteiger partial charge in [-0.3, -0.25) is 4.90 Å². The second-order valence-corrected chi connectivity index (χ2v) is 3.47. The Bertz CT molecular complexity index is 122. The van der Waals surface area contributed by atoms with Crippen LogP contribution in [0.25, 0.3) is 0 Å². The van der Waals surface area contributed by atoms with Gasteiger partial charge in [0.1, 0.15) is 0 Å². The molecule has 2 saturated heterocycles. The zero-order chi connectivity index (χ0) is 6.97. The molecule has 2 rings (SSSR count). The molecule has 2 heteroatoms. The number of nitrogens with zero attached hydrogens (tertiary/aromatic N) is 1. The first-order valence-electron chi connectivity index (χ1n) is 4.37. The second-order valence-electron chi connectivity index (χ2n) is 3.47. The van der Waals surface area contributed by atoms with Gasteiger partial charge in [0.2, 0.25) is 0 Å². The Morgan fingerprint density at radius 3 is 3.10 bits per heavy atom. The minimum Gasteiger partial charge on any atom is -0.300 e. The zero-order valence-corrected chi connectivity index (χ0v) is 6.64. The van der Waals surface area contributed by atoms with Crippen molar-refractivity contribution in [2.75, 3.05) is 13.1 Å². The van der Waals surface area contributed by atoms with Crippen molar-refractivity contribution in [1.82, 2.24) is 10.2 Å². The van der Waals surface area contributed by atoms with Crippen LogP contribution >= 0.6 is 0 Å². The number of hydrogen-bond acceptors (Lipinski definition) is 2. The highest BCUT2D eigenvalue weighted by Crippen LogP contribution is 2.21. The average molecular weight is 140 g/mol. The molecule has 1 N–H and O–H groups in total. The van der Waals surface area contributed by atoms with Crippen LogP contribution in [0.2, 0.25) is 0 Å². The molecule has 2 aliphatic rings. The number of fused-ring (bicyclic) bond motifs is 1. The first-order valence-corrected chi connectivity index (χ1v) is 4.37. The third kappa shape index (κ3) is 0.956. The van der Waals surface area contributed by atoms with Gasteiger partial charge < -0.3 is 5.32 Å². The summed E-state index contributed by atoms with van der Waals surface area (Å²) in [5, 5.41) is 3.49. The number of hydrogen-bond donors (Lipinski definition) is 1. The molecule has 0 aliphatic carbocycles. The zero-order valence-electron chi connectivity index (χ0n) is 6.64. The van der Waals surface area contributed by atoms with Crippen LogP contribution in [0.3, 0.4) is 0 Å². The largest absolute Gasteiger partial charge is 0.300 e. The number of nitrogens with one attached hydrogen (secondary N) is 1. The summed E-state index contributed by atoms with van der Waals surface area (Å²) in [4.78, 5) is 2.60. The van der Waals surface area contributed by atoms with E-state index in [1.807, 2.05) is 0 Å². The third-order valence-corrected chi connectivity index (χ3v) is 2.82. The molecule has 0 saturated carbocycles. The van der Waals surface area contributed by atoms with Gasteiger partial charge in [-0.15, -0.1) is 0 Å². The van der Waals surface area contributed by atoms with Gasteiger partial charge in [0.25, 0.3) is 0 Å². The molecule has 2 heterocycles. The monoisotopic (exact) mass is 140 g/mol. The van der Waals surface area contributed by atoms with Crippen LogP contribution in [0.1, 0.15) is 26.2 Å². The van der Waals surface area contributed by atoms with E-state index < -0.39 is 0 Å². The molecular formula is C8H16N2. The molecule has 0 radical (unpaired) electrons. The van der Waals surface area contributed by atoms with Crippen LogP contribution < -0.4 is 5.32 Å². The Kier molecular flexibility index (Phi) is 1.66. The molecule has 0 aromatic rings. The lowest BCUT2D eigenvalue weighted by Gasteiger charge is -2.31. The Hall–Kier alpha value is -0.0800. The summed E-state index contributed by atoms with van der Waals surface area (Å²) in [6.45, 7) is 4.81. The molecule has 0 amide bonds. The summed E-state index contributed by atoms with van der Waals surface area (Å²) < 4.78 is 0. The van der Waals surface area contributed by atoms with Gasteiger partial charge in [0, 0.05) is 12.6 Å². The van der Waals surface area contributed by atoms with Gasteiger partial charge in [-0.05, 0) is 26.3 Å². The second kappa shape index (κ2) is 2.51. The van der Waals surface area contributed by atoms with E-state index in [0.29, 0.717) is 6.17 Å². The fraction of sp³-hybridized carbons (Fsp3) is 1.00. The molecule has 2 aliphatic heterocycles. The molecular weight excluding hydrogens is 124 g/mol. The molecule has 2 atom stereocenters. The highest BCUT2D eigenvalue weighted by atomic mass is 15.3. The van der Waals surface area contributed by atoms with Crippen molar-refractivity contribution < 1.29 is 0 Å². The van der Waals surface area contributed by atoms with Crippen molar-refractivity contribution in [2.24, 2.45) is 0 Å². The van der Waals surface area contributed by atoms with Crippen LogP contribution in [-0.4, -0.2) is 30.2 Å². The smallest absolute Gasteiger partial charge is 0.0571 e. The quantitative estimate of drug-likeness (QED) is 0.535. The molecule has 0 aromatic carbocycles. The van der Waals surface area contributed by atoms with Crippen LogP contribution in [0.5, 0.6) is 0 Å². The van der Waals surface area contributed by atoms with E-state index in [0.717, 1.165) is 6.04 Å². The van der Waals surface area contributed by atoms with E-state index in [1.165, 1.54) is 32.4 Å². The number of piperidine rings is 1. The Balaban J connectivity index is 2.01. The summed E-state index contributed by atoms with van der Waals surface area (Å²) in [5.74, 6) is 0. The SMILES string of the molecule is CC1NCC2CCCCN21. The molecule has 58 valence electrons. The summed E-state index contributed by atoms with van der Waals surface area (Å²) in [7, 11) is 0. The summed E-state index contributed by atoms with van der Waals surface area (Å²) in [5.41, 5.74) is 0. The van der Waals surface area contributed by atoms with E-state index in [4.69, 9.17) is 0 Å². The standard InChI is InChI=1S/C8H16N2/c1-7-9-6-8-4-2-3-5-10(7)8/h7-9H,2-6H2,1H3. The third-order valence-electron chi connectivity index (χ3n) is 2.82. The van der Waals surface area contributed by atoms with E-state index in [-0.39, 0.29) is 0 Å². The Morgan fingerprint density at radius 2 is 2.30 bits per heavy atom. The molecule has 10 heavy (non-hydrogen) atoms. The minimum absolute atomic E-state index is 0.644. The fourth-order valence-corrected chi connectivity index (χ4v) is 2.18. The van der Waals surface area contributed by atoms with Crippen molar-refractivity contribution in [3.8, 4) is 0 Å². The highest BCUT2D eigenvalue weighted by molar-refractivity contribution is 4.87. The molecule has 0 spiro atoms. The number of rotatable bonds is 0. The molecule has 2 nitrogen and oxygen atoms in total. The summed E-state index contributed by atoms with van der Waals surface area (Å²) >= 11 is 0. The molecule has 0 bridgehead atoms. The van der Waals surface area contributed by atoms with Crippen LogP contribution in [0, 0.1) is 0 Å². The Morgan fingerprint density at radius 1 is 1.40 bits per heavy atom. The maximum absolute atomic E-state index is 3.49. The van der Waals surface area contributed by atoms with E-state index >= 15 is 0 Å². The van der Waals surface area contributed by atoms with Gasteiger partial charge in [0.15, 0.2) is 0 Å². The normalized spacial score (nSPS) is 41.7. The van der Waals surface area contributed by atoms with E-state index in [2.05, 4.69) is 17.1 Å². The van der Waals surface area contributed by atoms with Gasteiger partial charge in [-0.25, -0.2) is 0 Å². The lowest BCUT2D eigenvalue weighted by molar-refractivity contribution is 0.157. The minimum atomic E-state index is 0.644. The van der Waals surface area contributed by atoms with Crippen molar-refractivity contribution in [2.45, 2.75) is 38.4 Å². The lowest BCUT2D eigenvalue weighted by Crippen LogP contribution is -2.40. The predicted octanol–water partition coefficient (Wildman–Crippen LogP) is 0.790. The molecule has 2 fully saturated rings. The van der Waals surface area contributed by atoms with Gasteiger partial charge >= 0.3 is 0 Å². The average Bonchev–Trinajstić information content (AvgIpc) is 2.34. The summed E-state index contributed by atoms with van der Waals surface area (Å²) in [6, 6.07) is 0.865. The molecule has 2 unspecified atom stereocenters. The maximum atomic E-state index is 3.49. The lowest BCUT2D eigenvalue weighted by atomic mass is 10.0. The van der Waals surface area contributed by atoms with E-state index in [9.17, 15) is 0 Å². The fourth-order valence-electron chi connectivity index (χ4n) is 2.18. The van der Waals surface area contributed by atoms with Crippen molar-refractivity contribution in [1.29, 1.82) is 0 Å². The van der Waals surface area contributed by atoms with Gasteiger partial charge in [0.05, 0.1) is 6.17 Å². The predicted molar refractivity (Wildman–Crippen MR) is 41.8 cm³/mol.